The maximum atomic E-state index is 12.8. The quantitative estimate of drug-likeness (QED) is 0.514. The summed E-state index contributed by atoms with van der Waals surface area (Å²) in [7, 11) is -3.68. The minimum Gasteiger partial charge on any atom is -0.374 e. The number of sulfonamides is 1. The lowest BCUT2D eigenvalue weighted by Gasteiger charge is -2.19. The predicted molar refractivity (Wildman–Crippen MR) is 111 cm³/mol. The molecule has 0 fully saturated rings. The average Bonchev–Trinajstić information content (AvgIpc) is 3.07. The third-order valence-corrected chi connectivity index (χ3v) is 7.34. The SMILES string of the molecule is Nc1nnc(SCCC(NS(=O)(=O)c2ccc(Cl)cc2)c2ccccc2)s1. The van der Waals surface area contributed by atoms with Crippen molar-refractivity contribution in [1.82, 2.24) is 14.9 Å². The van der Waals surface area contributed by atoms with Crippen LogP contribution in [0.15, 0.2) is 63.8 Å². The summed E-state index contributed by atoms with van der Waals surface area (Å²) >= 11 is 8.67. The molecule has 142 valence electrons. The van der Waals surface area contributed by atoms with E-state index in [0.29, 0.717) is 22.3 Å². The molecular formula is C17H17ClN4O2S3. The topological polar surface area (TPSA) is 98.0 Å². The van der Waals surface area contributed by atoms with Gasteiger partial charge in [-0.25, -0.2) is 13.1 Å². The zero-order valence-corrected chi connectivity index (χ0v) is 17.3. The molecule has 3 rings (SSSR count). The van der Waals surface area contributed by atoms with Gasteiger partial charge < -0.3 is 5.73 Å². The Morgan fingerprint density at radius 1 is 1.11 bits per heavy atom. The van der Waals surface area contributed by atoms with Crippen LogP contribution in [0.3, 0.4) is 0 Å². The highest BCUT2D eigenvalue weighted by Crippen LogP contribution is 2.28. The van der Waals surface area contributed by atoms with Crippen molar-refractivity contribution in [3.63, 3.8) is 0 Å². The molecule has 0 aliphatic carbocycles. The highest BCUT2D eigenvalue weighted by atomic mass is 35.5. The minimum atomic E-state index is -3.68. The summed E-state index contributed by atoms with van der Waals surface area (Å²) in [5.41, 5.74) is 6.49. The first-order valence-corrected chi connectivity index (χ1v) is 11.6. The van der Waals surface area contributed by atoms with E-state index in [0.717, 1.165) is 9.90 Å². The molecule has 1 atom stereocenters. The van der Waals surface area contributed by atoms with E-state index < -0.39 is 10.0 Å². The standard InChI is InChI=1S/C17H17ClN4O2S3/c18-13-6-8-14(9-7-13)27(23,24)22-15(12-4-2-1-3-5-12)10-11-25-17-21-20-16(19)26-17/h1-9,15,22H,10-11H2,(H2,19,20). The first-order valence-electron chi connectivity index (χ1n) is 7.99. The van der Waals surface area contributed by atoms with E-state index >= 15 is 0 Å². The number of hydrogen-bond donors (Lipinski definition) is 2. The van der Waals surface area contributed by atoms with Crippen molar-refractivity contribution in [2.24, 2.45) is 0 Å². The van der Waals surface area contributed by atoms with Crippen LogP contribution in [0, 0.1) is 0 Å². The Labute approximate surface area is 171 Å². The monoisotopic (exact) mass is 440 g/mol. The van der Waals surface area contributed by atoms with E-state index in [9.17, 15) is 8.42 Å². The number of nitrogen functional groups attached to an aromatic ring is 1. The van der Waals surface area contributed by atoms with Crippen molar-refractivity contribution < 1.29 is 8.42 Å². The molecule has 3 aromatic rings. The molecule has 1 unspecified atom stereocenters. The molecule has 0 aliphatic heterocycles. The molecule has 1 heterocycles. The largest absolute Gasteiger partial charge is 0.374 e. The molecule has 0 saturated heterocycles. The van der Waals surface area contributed by atoms with Crippen LogP contribution >= 0.6 is 34.7 Å². The van der Waals surface area contributed by atoms with Gasteiger partial charge in [-0.05, 0) is 36.2 Å². The van der Waals surface area contributed by atoms with E-state index in [1.54, 1.807) is 12.1 Å². The lowest BCUT2D eigenvalue weighted by molar-refractivity contribution is 0.551. The number of nitrogens with two attached hydrogens (primary N) is 1. The molecule has 0 radical (unpaired) electrons. The first-order chi connectivity index (χ1) is 12.9. The number of nitrogens with one attached hydrogen (secondary N) is 1. The molecule has 1 aromatic heterocycles. The summed E-state index contributed by atoms with van der Waals surface area (Å²) in [6.45, 7) is 0. The number of aromatic nitrogens is 2. The van der Waals surface area contributed by atoms with Crippen LogP contribution in [0.5, 0.6) is 0 Å². The summed E-state index contributed by atoms with van der Waals surface area (Å²) in [6.07, 6.45) is 0.584. The Balaban J connectivity index is 1.74. The van der Waals surface area contributed by atoms with Crippen LogP contribution in [0.1, 0.15) is 18.0 Å². The average molecular weight is 441 g/mol. The van der Waals surface area contributed by atoms with E-state index in [4.69, 9.17) is 17.3 Å². The van der Waals surface area contributed by atoms with Gasteiger partial charge in [0.25, 0.3) is 0 Å². The highest BCUT2D eigenvalue weighted by Gasteiger charge is 2.21. The zero-order valence-electron chi connectivity index (χ0n) is 14.1. The van der Waals surface area contributed by atoms with Gasteiger partial charge >= 0.3 is 0 Å². The normalized spacial score (nSPS) is 12.8. The second-order valence-electron chi connectivity index (χ2n) is 5.58. The fraction of sp³-hybridized carbons (Fsp3) is 0.176. The van der Waals surface area contributed by atoms with Crippen LogP contribution in [0.2, 0.25) is 5.02 Å². The number of rotatable bonds is 8. The third kappa shape index (κ3) is 5.66. The van der Waals surface area contributed by atoms with Crippen molar-refractivity contribution in [1.29, 1.82) is 0 Å². The summed E-state index contributed by atoms with van der Waals surface area (Å²) in [5, 5.41) is 8.66. The van der Waals surface area contributed by atoms with Crippen molar-refractivity contribution >= 4 is 49.9 Å². The maximum Gasteiger partial charge on any atom is 0.241 e. The van der Waals surface area contributed by atoms with Crippen molar-refractivity contribution in [2.75, 3.05) is 11.5 Å². The molecule has 0 saturated carbocycles. The zero-order chi connectivity index (χ0) is 19.3. The predicted octanol–water partition coefficient (Wildman–Crippen LogP) is 3.98. The number of thioether (sulfide) groups is 1. The fourth-order valence-corrected chi connectivity index (χ4v) is 5.49. The number of anilines is 1. The molecular weight excluding hydrogens is 424 g/mol. The Morgan fingerprint density at radius 3 is 2.44 bits per heavy atom. The van der Waals surface area contributed by atoms with Gasteiger partial charge in [-0.1, -0.05) is 65.0 Å². The minimum absolute atomic E-state index is 0.178. The van der Waals surface area contributed by atoms with Gasteiger partial charge in [0.1, 0.15) is 0 Å². The van der Waals surface area contributed by atoms with Crippen LogP contribution in [0.25, 0.3) is 0 Å². The van der Waals surface area contributed by atoms with E-state index in [2.05, 4.69) is 14.9 Å². The van der Waals surface area contributed by atoms with Gasteiger partial charge in [0, 0.05) is 16.8 Å². The molecule has 0 bridgehead atoms. The van der Waals surface area contributed by atoms with E-state index in [1.165, 1.54) is 35.2 Å². The molecule has 27 heavy (non-hydrogen) atoms. The molecule has 0 amide bonds. The number of hydrogen-bond acceptors (Lipinski definition) is 7. The smallest absolute Gasteiger partial charge is 0.241 e. The lowest BCUT2D eigenvalue weighted by atomic mass is 10.1. The Bertz CT molecular complexity index is 979. The molecule has 0 aliphatic rings. The molecule has 6 nitrogen and oxygen atoms in total. The van der Waals surface area contributed by atoms with E-state index in [-0.39, 0.29) is 10.9 Å². The number of nitrogens with zero attached hydrogens (tertiary/aromatic N) is 2. The lowest BCUT2D eigenvalue weighted by Crippen LogP contribution is -2.29. The third-order valence-electron chi connectivity index (χ3n) is 3.68. The molecule has 3 N–H and O–H groups in total. The summed E-state index contributed by atoms with van der Waals surface area (Å²) in [5.74, 6) is 0.664. The van der Waals surface area contributed by atoms with Crippen molar-refractivity contribution in [3.05, 3.63) is 65.2 Å². The van der Waals surface area contributed by atoms with Crippen molar-refractivity contribution in [3.8, 4) is 0 Å². The molecule has 10 heteroatoms. The fourth-order valence-electron chi connectivity index (χ4n) is 2.39. The van der Waals surface area contributed by atoms with Gasteiger partial charge in [0.2, 0.25) is 15.2 Å². The summed E-state index contributed by atoms with van der Waals surface area (Å²) < 4.78 is 29.1. The van der Waals surface area contributed by atoms with Gasteiger partial charge in [0.15, 0.2) is 4.34 Å². The van der Waals surface area contributed by atoms with Crippen LogP contribution < -0.4 is 10.5 Å². The Hall–Kier alpha value is -1.65. The highest BCUT2D eigenvalue weighted by molar-refractivity contribution is 8.01. The van der Waals surface area contributed by atoms with Crippen LogP contribution in [-0.2, 0) is 10.0 Å². The first kappa shape index (κ1) is 20.1. The second kappa shape index (κ2) is 9.03. The molecule has 0 spiro atoms. The number of halogens is 1. The van der Waals surface area contributed by atoms with Crippen LogP contribution in [-0.4, -0.2) is 24.4 Å². The Morgan fingerprint density at radius 2 is 1.81 bits per heavy atom. The Kier molecular flexibility index (Phi) is 6.72. The summed E-state index contributed by atoms with van der Waals surface area (Å²) in [6, 6.07) is 15.2. The number of benzene rings is 2. The molecule has 2 aromatic carbocycles. The van der Waals surface area contributed by atoms with Gasteiger partial charge in [-0.3, -0.25) is 0 Å². The van der Waals surface area contributed by atoms with Crippen LogP contribution in [0.4, 0.5) is 5.13 Å². The van der Waals surface area contributed by atoms with E-state index in [1.807, 2.05) is 30.3 Å². The van der Waals surface area contributed by atoms with Gasteiger partial charge in [0.05, 0.1) is 4.90 Å². The summed E-state index contributed by atoms with van der Waals surface area (Å²) in [4.78, 5) is 0.178. The maximum absolute atomic E-state index is 12.8. The van der Waals surface area contributed by atoms with Crippen molar-refractivity contribution in [2.45, 2.75) is 21.7 Å². The van der Waals surface area contributed by atoms with Gasteiger partial charge in [-0.15, -0.1) is 10.2 Å². The second-order valence-corrected chi connectivity index (χ2v) is 10.1. The van der Waals surface area contributed by atoms with Gasteiger partial charge in [-0.2, -0.15) is 0 Å².